The van der Waals surface area contributed by atoms with Crippen LogP contribution in [-0.4, -0.2) is 27.2 Å². The Kier molecular flexibility index (Phi) is 3.22. The molecule has 96 valence electrons. The maximum atomic E-state index is 5.57. The second-order valence-corrected chi connectivity index (χ2v) is 5.40. The van der Waals surface area contributed by atoms with E-state index >= 15 is 0 Å². The average molecular weight is 310 g/mol. The third-order valence-electron chi connectivity index (χ3n) is 3.33. The molecule has 1 saturated carbocycles. The lowest BCUT2D eigenvalue weighted by atomic mass is 9.93. The van der Waals surface area contributed by atoms with Crippen molar-refractivity contribution in [2.45, 2.75) is 31.7 Å². The summed E-state index contributed by atoms with van der Waals surface area (Å²) >= 11 is 3.54. The molecule has 6 heteroatoms. The van der Waals surface area contributed by atoms with Gasteiger partial charge in [-0.3, -0.25) is 0 Å². The number of aromatic nitrogens is 3. The molecule has 1 aliphatic carbocycles. The Hall–Kier alpha value is -1.14. The first-order chi connectivity index (χ1) is 8.78. The standard InChI is InChI=1S/C12H16BrN5/c13-12-9(6-7-14)16-11-5-4-10(17-18(11)12)15-8-2-1-3-8/h4-5,8H,1-3,6-7,14H2,(H,15,17). The van der Waals surface area contributed by atoms with E-state index in [1.54, 1.807) is 0 Å². The van der Waals surface area contributed by atoms with E-state index in [9.17, 15) is 0 Å². The van der Waals surface area contributed by atoms with E-state index in [1.807, 2.05) is 16.6 Å². The van der Waals surface area contributed by atoms with E-state index in [4.69, 9.17) is 5.73 Å². The van der Waals surface area contributed by atoms with E-state index in [-0.39, 0.29) is 0 Å². The fourth-order valence-corrected chi connectivity index (χ4v) is 2.63. The third kappa shape index (κ3) is 2.10. The van der Waals surface area contributed by atoms with Crippen molar-refractivity contribution in [2.75, 3.05) is 11.9 Å². The molecule has 18 heavy (non-hydrogen) atoms. The molecule has 0 spiro atoms. The molecular formula is C12H16BrN5. The van der Waals surface area contributed by atoms with Gasteiger partial charge in [0, 0.05) is 12.5 Å². The second-order valence-electron chi connectivity index (χ2n) is 4.65. The van der Waals surface area contributed by atoms with Gasteiger partial charge in [-0.25, -0.2) is 9.50 Å². The van der Waals surface area contributed by atoms with Crippen LogP contribution in [0, 0.1) is 0 Å². The van der Waals surface area contributed by atoms with Crippen molar-refractivity contribution >= 4 is 27.4 Å². The number of rotatable bonds is 4. The fraction of sp³-hybridized carbons (Fsp3) is 0.500. The Morgan fingerprint density at radius 3 is 2.94 bits per heavy atom. The van der Waals surface area contributed by atoms with Crippen LogP contribution in [0.1, 0.15) is 25.0 Å². The average Bonchev–Trinajstić information content (AvgIpc) is 2.62. The molecule has 0 aliphatic heterocycles. The Morgan fingerprint density at radius 2 is 2.28 bits per heavy atom. The molecule has 0 saturated heterocycles. The van der Waals surface area contributed by atoms with Gasteiger partial charge in [0.1, 0.15) is 10.4 Å². The number of hydrogen-bond acceptors (Lipinski definition) is 4. The molecule has 2 heterocycles. The highest BCUT2D eigenvalue weighted by molar-refractivity contribution is 9.10. The summed E-state index contributed by atoms with van der Waals surface area (Å²) in [6.07, 6.45) is 4.55. The van der Waals surface area contributed by atoms with Gasteiger partial charge in [0.2, 0.25) is 0 Å². The minimum atomic E-state index is 0.584. The quantitative estimate of drug-likeness (QED) is 0.906. The van der Waals surface area contributed by atoms with Gasteiger partial charge in [-0.1, -0.05) is 0 Å². The van der Waals surface area contributed by atoms with Crippen molar-refractivity contribution in [3.8, 4) is 0 Å². The highest BCUT2D eigenvalue weighted by Gasteiger charge is 2.18. The number of imidazole rings is 1. The summed E-state index contributed by atoms with van der Waals surface area (Å²) < 4.78 is 2.73. The molecule has 0 bridgehead atoms. The Morgan fingerprint density at radius 1 is 1.44 bits per heavy atom. The van der Waals surface area contributed by atoms with E-state index in [0.717, 1.165) is 28.2 Å². The maximum absolute atomic E-state index is 5.57. The summed E-state index contributed by atoms with van der Waals surface area (Å²) in [5.41, 5.74) is 7.38. The topological polar surface area (TPSA) is 68.2 Å². The molecule has 0 unspecified atom stereocenters. The molecule has 3 rings (SSSR count). The minimum Gasteiger partial charge on any atom is -0.366 e. The van der Waals surface area contributed by atoms with Gasteiger partial charge in [-0.15, -0.1) is 5.10 Å². The number of nitrogens with one attached hydrogen (secondary N) is 1. The van der Waals surface area contributed by atoms with Crippen LogP contribution >= 0.6 is 15.9 Å². The molecule has 2 aromatic heterocycles. The predicted molar refractivity (Wildman–Crippen MR) is 74.7 cm³/mol. The molecule has 0 aromatic carbocycles. The molecule has 1 fully saturated rings. The van der Waals surface area contributed by atoms with Crippen LogP contribution < -0.4 is 11.1 Å². The molecule has 1 aliphatic rings. The predicted octanol–water partition coefficient (Wildman–Crippen LogP) is 1.96. The largest absolute Gasteiger partial charge is 0.366 e. The van der Waals surface area contributed by atoms with Crippen LogP contribution in [0.25, 0.3) is 5.65 Å². The molecule has 2 aromatic rings. The van der Waals surface area contributed by atoms with Crippen molar-refractivity contribution < 1.29 is 0 Å². The summed E-state index contributed by atoms with van der Waals surface area (Å²) in [6, 6.07) is 4.55. The van der Waals surface area contributed by atoms with Gasteiger partial charge in [0.25, 0.3) is 0 Å². The van der Waals surface area contributed by atoms with Crippen molar-refractivity contribution in [3.63, 3.8) is 0 Å². The van der Waals surface area contributed by atoms with Gasteiger partial charge >= 0.3 is 0 Å². The van der Waals surface area contributed by atoms with Crippen LogP contribution in [0.15, 0.2) is 16.7 Å². The number of halogens is 1. The van der Waals surface area contributed by atoms with Gasteiger partial charge in [-0.05, 0) is 53.9 Å². The van der Waals surface area contributed by atoms with E-state index in [0.29, 0.717) is 12.6 Å². The van der Waals surface area contributed by atoms with Crippen molar-refractivity contribution in [1.29, 1.82) is 0 Å². The van der Waals surface area contributed by atoms with Crippen LogP contribution in [0.2, 0.25) is 0 Å². The molecule has 3 N–H and O–H groups in total. The lowest BCUT2D eigenvalue weighted by Gasteiger charge is -2.26. The first-order valence-corrected chi connectivity index (χ1v) is 7.08. The highest BCUT2D eigenvalue weighted by atomic mass is 79.9. The summed E-state index contributed by atoms with van der Waals surface area (Å²) in [7, 11) is 0. The minimum absolute atomic E-state index is 0.584. The zero-order chi connectivity index (χ0) is 12.5. The SMILES string of the molecule is NCCc1nc2ccc(NC3CCC3)nn2c1Br. The van der Waals surface area contributed by atoms with E-state index in [1.165, 1.54) is 19.3 Å². The number of fused-ring (bicyclic) bond motifs is 1. The van der Waals surface area contributed by atoms with Crippen LogP contribution in [-0.2, 0) is 6.42 Å². The summed E-state index contributed by atoms with van der Waals surface area (Å²) in [5, 5.41) is 7.99. The maximum Gasteiger partial charge on any atom is 0.155 e. The molecule has 5 nitrogen and oxygen atoms in total. The molecule has 0 amide bonds. The van der Waals surface area contributed by atoms with Gasteiger partial charge < -0.3 is 11.1 Å². The smallest absolute Gasteiger partial charge is 0.155 e. The zero-order valence-corrected chi connectivity index (χ0v) is 11.7. The Labute approximate surface area is 114 Å². The van der Waals surface area contributed by atoms with Crippen LogP contribution in [0.3, 0.4) is 0 Å². The van der Waals surface area contributed by atoms with Crippen LogP contribution in [0.5, 0.6) is 0 Å². The normalized spacial score (nSPS) is 15.9. The fourth-order valence-electron chi connectivity index (χ4n) is 2.09. The van der Waals surface area contributed by atoms with E-state index in [2.05, 4.69) is 31.3 Å². The van der Waals surface area contributed by atoms with Gasteiger partial charge in [0.15, 0.2) is 5.65 Å². The molecule has 0 radical (unpaired) electrons. The number of nitrogens with zero attached hydrogens (tertiary/aromatic N) is 3. The van der Waals surface area contributed by atoms with Gasteiger partial charge in [0.05, 0.1) is 5.69 Å². The van der Waals surface area contributed by atoms with Crippen molar-refractivity contribution in [3.05, 3.63) is 22.4 Å². The number of anilines is 1. The Balaban J connectivity index is 1.92. The Bertz CT molecular complexity index is 561. The lowest BCUT2D eigenvalue weighted by molar-refractivity contribution is 0.444. The molecular weight excluding hydrogens is 294 g/mol. The summed E-state index contributed by atoms with van der Waals surface area (Å²) in [4.78, 5) is 4.50. The van der Waals surface area contributed by atoms with Gasteiger partial charge in [-0.2, -0.15) is 0 Å². The van der Waals surface area contributed by atoms with Crippen molar-refractivity contribution in [2.24, 2.45) is 5.73 Å². The van der Waals surface area contributed by atoms with Crippen molar-refractivity contribution in [1.82, 2.24) is 14.6 Å². The first kappa shape index (κ1) is 11.9. The zero-order valence-electron chi connectivity index (χ0n) is 10.1. The highest BCUT2D eigenvalue weighted by Crippen LogP contribution is 2.24. The molecule has 0 atom stereocenters. The monoisotopic (exact) mass is 309 g/mol. The number of hydrogen-bond donors (Lipinski definition) is 2. The second kappa shape index (κ2) is 4.85. The third-order valence-corrected chi connectivity index (χ3v) is 4.12. The van der Waals surface area contributed by atoms with Crippen LogP contribution in [0.4, 0.5) is 5.82 Å². The first-order valence-electron chi connectivity index (χ1n) is 6.28. The number of nitrogens with two attached hydrogens (primary N) is 1. The summed E-state index contributed by atoms with van der Waals surface area (Å²) in [5.74, 6) is 0.907. The summed E-state index contributed by atoms with van der Waals surface area (Å²) in [6.45, 7) is 0.593. The van der Waals surface area contributed by atoms with E-state index < -0.39 is 0 Å². The lowest BCUT2D eigenvalue weighted by Crippen LogP contribution is -2.27.